The summed E-state index contributed by atoms with van der Waals surface area (Å²) in [6, 6.07) is 0.632. The first-order chi connectivity index (χ1) is 10.7. The Bertz CT molecular complexity index is 503. The van der Waals surface area contributed by atoms with Gasteiger partial charge < -0.3 is 20.2 Å². The van der Waals surface area contributed by atoms with Crippen LogP contribution in [0.3, 0.4) is 0 Å². The topological polar surface area (TPSA) is 77.4 Å². The first kappa shape index (κ1) is 15.3. The van der Waals surface area contributed by atoms with Gasteiger partial charge in [0.25, 0.3) is 0 Å². The van der Waals surface area contributed by atoms with Crippen LogP contribution < -0.4 is 15.1 Å². The van der Waals surface area contributed by atoms with Crippen LogP contribution in [-0.4, -0.2) is 58.4 Å². The van der Waals surface area contributed by atoms with E-state index in [1.807, 2.05) is 0 Å². The van der Waals surface area contributed by atoms with E-state index in [0.717, 1.165) is 38.4 Å². The van der Waals surface area contributed by atoms with Gasteiger partial charge >= 0.3 is 0 Å². The van der Waals surface area contributed by atoms with Gasteiger partial charge in [-0.2, -0.15) is 15.0 Å². The molecule has 7 nitrogen and oxygen atoms in total. The van der Waals surface area contributed by atoms with E-state index in [9.17, 15) is 5.11 Å². The van der Waals surface area contributed by atoms with E-state index in [2.05, 4.69) is 43.9 Å². The summed E-state index contributed by atoms with van der Waals surface area (Å²) in [6.07, 6.45) is 4.44. The summed E-state index contributed by atoms with van der Waals surface area (Å²) in [5.41, 5.74) is 0. The van der Waals surface area contributed by atoms with Crippen LogP contribution in [0.5, 0.6) is 0 Å². The number of aliphatic hydroxyl groups is 1. The second-order valence-electron chi connectivity index (χ2n) is 6.02. The minimum atomic E-state index is 0.126. The SMILES string of the molecule is CCN(CC)c1nc(NC2CC2)nc(N2CCCC2CO)n1. The van der Waals surface area contributed by atoms with Gasteiger partial charge in [0, 0.05) is 25.7 Å². The lowest BCUT2D eigenvalue weighted by Crippen LogP contribution is -2.35. The van der Waals surface area contributed by atoms with Gasteiger partial charge in [0.2, 0.25) is 17.8 Å². The van der Waals surface area contributed by atoms with Crippen LogP contribution in [-0.2, 0) is 0 Å². The molecule has 1 atom stereocenters. The molecule has 22 heavy (non-hydrogen) atoms. The van der Waals surface area contributed by atoms with Crippen LogP contribution in [0, 0.1) is 0 Å². The number of rotatable bonds is 7. The highest BCUT2D eigenvalue weighted by Crippen LogP contribution is 2.27. The number of aromatic nitrogens is 3. The van der Waals surface area contributed by atoms with Crippen LogP contribution in [0.15, 0.2) is 0 Å². The van der Waals surface area contributed by atoms with E-state index in [1.54, 1.807) is 0 Å². The molecule has 0 aromatic carbocycles. The molecule has 0 amide bonds. The molecular formula is C15H26N6O. The maximum absolute atomic E-state index is 9.55. The maximum Gasteiger partial charge on any atom is 0.232 e. The van der Waals surface area contributed by atoms with Gasteiger partial charge in [-0.3, -0.25) is 0 Å². The third-order valence-electron chi connectivity index (χ3n) is 4.41. The molecule has 1 aromatic heterocycles. The minimum Gasteiger partial charge on any atom is -0.394 e. The summed E-state index contributed by atoms with van der Waals surface area (Å²) >= 11 is 0. The summed E-state index contributed by atoms with van der Waals surface area (Å²) in [4.78, 5) is 18.1. The summed E-state index contributed by atoms with van der Waals surface area (Å²) in [5.74, 6) is 2.08. The lowest BCUT2D eigenvalue weighted by molar-refractivity contribution is 0.265. The van der Waals surface area contributed by atoms with Crippen LogP contribution >= 0.6 is 0 Å². The Morgan fingerprint density at radius 1 is 1.18 bits per heavy atom. The molecule has 2 fully saturated rings. The predicted molar refractivity (Wildman–Crippen MR) is 87.5 cm³/mol. The molecule has 0 radical (unpaired) electrons. The van der Waals surface area contributed by atoms with Crippen molar-refractivity contribution in [2.45, 2.75) is 51.6 Å². The first-order valence-corrected chi connectivity index (χ1v) is 8.40. The van der Waals surface area contributed by atoms with Gasteiger partial charge in [0.15, 0.2) is 0 Å². The number of hydrogen-bond donors (Lipinski definition) is 2. The zero-order chi connectivity index (χ0) is 15.5. The number of nitrogens with zero attached hydrogens (tertiary/aromatic N) is 5. The number of anilines is 3. The Labute approximate surface area is 131 Å². The average molecular weight is 306 g/mol. The molecule has 7 heteroatoms. The van der Waals surface area contributed by atoms with Gasteiger partial charge in [-0.15, -0.1) is 0 Å². The number of hydrogen-bond acceptors (Lipinski definition) is 7. The molecule has 0 spiro atoms. The maximum atomic E-state index is 9.55. The third kappa shape index (κ3) is 3.24. The molecule has 2 heterocycles. The fourth-order valence-corrected chi connectivity index (χ4v) is 2.89. The van der Waals surface area contributed by atoms with Crippen molar-refractivity contribution in [3.05, 3.63) is 0 Å². The zero-order valence-corrected chi connectivity index (χ0v) is 13.5. The predicted octanol–water partition coefficient (Wildman–Crippen LogP) is 1.25. The number of nitrogens with one attached hydrogen (secondary N) is 1. The fraction of sp³-hybridized carbons (Fsp3) is 0.800. The molecule has 122 valence electrons. The normalized spacial score (nSPS) is 21.2. The monoisotopic (exact) mass is 306 g/mol. The lowest BCUT2D eigenvalue weighted by atomic mass is 10.2. The van der Waals surface area contributed by atoms with Gasteiger partial charge in [-0.1, -0.05) is 0 Å². The Kier molecular flexibility index (Phi) is 4.61. The second-order valence-corrected chi connectivity index (χ2v) is 6.02. The fourth-order valence-electron chi connectivity index (χ4n) is 2.89. The highest BCUT2D eigenvalue weighted by atomic mass is 16.3. The van der Waals surface area contributed by atoms with Crippen LogP contribution in [0.2, 0.25) is 0 Å². The van der Waals surface area contributed by atoms with Gasteiger partial charge in [-0.25, -0.2) is 0 Å². The van der Waals surface area contributed by atoms with Crippen LogP contribution in [0.4, 0.5) is 17.8 Å². The van der Waals surface area contributed by atoms with Crippen LogP contribution in [0.1, 0.15) is 39.5 Å². The summed E-state index contributed by atoms with van der Waals surface area (Å²) < 4.78 is 0. The quantitative estimate of drug-likeness (QED) is 0.785. The van der Waals surface area contributed by atoms with Crippen molar-refractivity contribution in [3.63, 3.8) is 0 Å². The van der Waals surface area contributed by atoms with Crippen molar-refractivity contribution in [3.8, 4) is 0 Å². The Morgan fingerprint density at radius 2 is 1.95 bits per heavy atom. The van der Waals surface area contributed by atoms with Gasteiger partial charge in [0.05, 0.1) is 12.6 Å². The molecule has 2 aliphatic rings. The van der Waals surface area contributed by atoms with E-state index in [-0.39, 0.29) is 12.6 Å². The molecule has 0 bridgehead atoms. The van der Waals surface area contributed by atoms with Crippen molar-refractivity contribution in [1.82, 2.24) is 15.0 Å². The summed E-state index contributed by atoms with van der Waals surface area (Å²) in [7, 11) is 0. The van der Waals surface area contributed by atoms with Crippen molar-refractivity contribution in [1.29, 1.82) is 0 Å². The van der Waals surface area contributed by atoms with E-state index in [0.29, 0.717) is 17.9 Å². The molecule has 1 saturated carbocycles. The molecule has 3 rings (SSSR count). The van der Waals surface area contributed by atoms with E-state index in [1.165, 1.54) is 12.8 Å². The largest absolute Gasteiger partial charge is 0.394 e. The lowest BCUT2D eigenvalue weighted by Gasteiger charge is -2.25. The Hall–Kier alpha value is -1.63. The molecule has 1 aliphatic heterocycles. The highest BCUT2D eigenvalue weighted by molar-refractivity contribution is 5.47. The Balaban J connectivity index is 1.91. The van der Waals surface area contributed by atoms with Crippen molar-refractivity contribution in [2.24, 2.45) is 0 Å². The van der Waals surface area contributed by atoms with Crippen molar-refractivity contribution < 1.29 is 5.11 Å². The van der Waals surface area contributed by atoms with E-state index >= 15 is 0 Å². The van der Waals surface area contributed by atoms with Gasteiger partial charge in [0.1, 0.15) is 0 Å². The first-order valence-electron chi connectivity index (χ1n) is 8.40. The second kappa shape index (κ2) is 6.64. The molecular weight excluding hydrogens is 280 g/mol. The summed E-state index contributed by atoms with van der Waals surface area (Å²) in [6.45, 7) is 6.99. The molecule has 2 N–H and O–H groups in total. The van der Waals surface area contributed by atoms with Crippen LogP contribution in [0.25, 0.3) is 0 Å². The molecule has 1 aromatic rings. The molecule has 1 saturated heterocycles. The average Bonchev–Trinajstić information content (AvgIpc) is 3.21. The number of aliphatic hydroxyl groups excluding tert-OH is 1. The van der Waals surface area contributed by atoms with Gasteiger partial charge in [-0.05, 0) is 39.5 Å². The third-order valence-corrected chi connectivity index (χ3v) is 4.41. The smallest absolute Gasteiger partial charge is 0.232 e. The zero-order valence-electron chi connectivity index (χ0n) is 13.5. The summed E-state index contributed by atoms with van der Waals surface area (Å²) in [5, 5.41) is 12.9. The van der Waals surface area contributed by atoms with E-state index < -0.39 is 0 Å². The molecule has 1 aliphatic carbocycles. The minimum absolute atomic E-state index is 0.126. The highest BCUT2D eigenvalue weighted by Gasteiger charge is 2.28. The van der Waals surface area contributed by atoms with Crippen molar-refractivity contribution in [2.75, 3.05) is 41.4 Å². The van der Waals surface area contributed by atoms with Crippen molar-refractivity contribution >= 4 is 17.8 Å². The van der Waals surface area contributed by atoms with E-state index in [4.69, 9.17) is 0 Å². The Morgan fingerprint density at radius 3 is 2.59 bits per heavy atom. The standard InChI is InChI=1S/C15H26N6O/c1-3-20(4-2)14-17-13(16-11-7-8-11)18-15(19-14)21-9-5-6-12(21)10-22/h11-12,22H,3-10H2,1-2H3,(H,16,17,18,19). The molecule has 1 unspecified atom stereocenters.